The number of anilines is 1. The van der Waals surface area contributed by atoms with Gasteiger partial charge in [0.15, 0.2) is 5.82 Å². The molecule has 4 aromatic heterocycles. The molecule has 4 heterocycles. The number of pyridine rings is 2. The summed E-state index contributed by atoms with van der Waals surface area (Å²) in [5.41, 5.74) is 2.18. The smallest absolute Gasteiger partial charge is 0.268 e. The minimum absolute atomic E-state index is 0.0758. The Morgan fingerprint density at radius 2 is 1.89 bits per heavy atom. The third kappa shape index (κ3) is 5.15. The lowest BCUT2D eigenvalue weighted by Crippen LogP contribution is -2.21. The molecule has 186 valence electrons. The number of fused-ring (bicyclic) bond motifs is 1. The maximum absolute atomic E-state index is 13.3. The Morgan fingerprint density at radius 1 is 1.11 bits per heavy atom. The largest absolute Gasteiger partial charge is 0.417 e. The quantitative estimate of drug-likeness (QED) is 0.191. The van der Waals surface area contributed by atoms with Crippen LogP contribution >= 0.6 is 23.4 Å². The second-order valence-corrected chi connectivity index (χ2v) is 8.66. The molecule has 1 N–H and O–H groups in total. The van der Waals surface area contributed by atoms with Gasteiger partial charge in [0.1, 0.15) is 10.7 Å². The highest BCUT2D eigenvalue weighted by atomic mass is 35.5. The van der Waals surface area contributed by atoms with Gasteiger partial charge < -0.3 is 0 Å². The average molecular weight is 544 g/mol. The number of aromatic nitrogens is 7. The van der Waals surface area contributed by atoms with Crippen molar-refractivity contribution in [2.24, 2.45) is 5.10 Å². The monoisotopic (exact) mass is 543 g/mol. The third-order valence-corrected chi connectivity index (χ3v) is 6.13. The number of hydrogen-bond donors (Lipinski definition) is 1. The van der Waals surface area contributed by atoms with Crippen molar-refractivity contribution in [3.8, 4) is 5.69 Å². The highest BCUT2D eigenvalue weighted by Gasteiger charge is 2.31. The summed E-state index contributed by atoms with van der Waals surface area (Å²) in [5.74, 6) is -0.123. The van der Waals surface area contributed by atoms with Crippen LogP contribution in [0.25, 0.3) is 11.3 Å². The lowest BCUT2D eigenvalue weighted by Gasteiger charge is -2.09. The van der Waals surface area contributed by atoms with Crippen molar-refractivity contribution in [2.75, 3.05) is 5.43 Å². The summed E-state index contributed by atoms with van der Waals surface area (Å²) in [6, 6.07) is 14.9. The molecule has 0 spiro atoms. The van der Waals surface area contributed by atoms with Gasteiger partial charge >= 0.3 is 6.18 Å². The predicted octanol–water partition coefficient (Wildman–Crippen LogP) is 4.33. The van der Waals surface area contributed by atoms with E-state index in [1.807, 2.05) is 30.3 Å². The van der Waals surface area contributed by atoms with Gasteiger partial charge in [-0.05, 0) is 52.5 Å². The molecule has 0 fully saturated rings. The van der Waals surface area contributed by atoms with E-state index in [0.717, 1.165) is 17.8 Å². The number of nitrogens with one attached hydrogen (secondary N) is 1. The summed E-state index contributed by atoms with van der Waals surface area (Å²) in [6.45, 7) is 0. The lowest BCUT2D eigenvalue weighted by molar-refractivity contribution is -0.137. The summed E-state index contributed by atoms with van der Waals surface area (Å²) < 4.78 is 41.4. The van der Waals surface area contributed by atoms with Gasteiger partial charge in [-0.3, -0.25) is 14.6 Å². The number of hydrogen-bond acceptors (Lipinski definition) is 9. The maximum atomic E-state index is 13.3. The van der Waals surface area contributed by atoms with Crippen molar-refractivity contribution in [2.45, 2.75) is 16.4 Å². The van der Waals surface area contributed by atoms with Crippen molar-refractivity contribution in [1.29, 1.82) is 0 Å². The number of benzene rings is 1. The van der Waals surface area contributed by atoms with Crippen LogP contribution in [0.1, 0.15) is 11.1 Å². The van der Waals surface area contributed by atoms with E-state index in [4.69, 9.17) is 11.6 Å². The molecular formula is C22H13ClF3N9OS. The topological polar surface area (TPSA) is 115 Å². The number of alkyl halides is 3. The standard InChI is InChI=1S/C22H13ClF3N9OS/c23-16-10-13(22(24,25)26)11-27-18(16)30-28-12-15-19(29-17-8-4-5-9-34(17)20(15)36)37-21-31-32-33-35(21)14-6-2-1-3-7-14/h1-12H,(H,27,30)/b28-12+. The number of halogens is 4. The molecule has 0 aliphatic heterocycles. The highest BCUT2D eigenvalue weighted by molar-refractivity contribution is 7.99. The maximum Gasteiger partial charge on any atom is 0.417 e. The Kier molecular flexibility index (Phi) is 6.58. The molecule has 5 aromatic rings. The molecule has 0 saturated carbocycles. The zero-order chi connectivity index (χ0) is 26.0. The number of hydrazone groups is 1. The van der Waals surface area contributed by atoms with Crippen LogP contribution in [0.4, 0.5) is 19.0 Å². The van der Waals surface area contributed by atoms with Gasteiger partial charge in [0.05, 0.1) is 28.1 Å². The van der Waals surface area contributed by atoms with Crippen LogP contribution in [0.2, 0.25) is 5.02 Å². The van der Waals surface area contributed by atoms with Gasteiger partial charge in [-0.1, -0.05) is 35.9 Å². The van der Waals surface area contributed by atoms with E-state index in [1.165, 1.54) is 15.3 Å². The van der Waals surface area contributed by atoms with Crippen molar-refractivity contribution in [3.63, 3.8) is 0 Å². The van der Waals surface area contributed by atoms with Crippen LogP contribution in [0.3, 0.4) is 0 Å². The van der Waals surface area contributed by atoms with Crippen LogP contribution in [0.15, 0.2) is 87.1 Å². The SMILES string of the molecule is O=c1c(/C=N/Nc2ncc(C(F)(F)F)cc2Cl)c(Sc2nnnn2-c2ccccc2)nc2ccccn12. The van der Waals surface area contributed by atoms with E-state index in [9.17, 15) is 18.0 Å². The summed E-state index contributed by atoms with van der Waals surface area (Å²) in [6.07, 6.45) is -1.23. The molecule has 10 nitrogen and oxygen atoms in total. The van der Waals surface area contributed by atoms with E-state index in [2.05, 4.69) is 36.0 Å². The normalized spacial score (nSPS) is 11.9. The second-order valence-electron chi connectivity index (χ2n) is 7.30. The first-order chi connectivity index (χ1) is 17.8. The molecule has 0 bridgehead atoms. The van der Waals surface area contributed by atoms with Gasteiger partial charge in [0, 0.05) is 12.4 Å². The Morgan fingerprint density at radius 3 is 2.65 bits per heavy atom. The molecule has 0 radical (unpaired) electrons. The predicted molar refractivity (Wildman–Crippen MR) is 130 cm³/mol. The highest BCUT2D eigenvalue weighted by Crippen LogP contribution is 2.32. The fourth-order valence-corrected chi connectivity index (χ4v) is 4.24. The average Bonchev–Trinajstić information content (AvgIpc) is 3.35. The number of para-hydroxylation sites is 1. The minimum atomic E-state index is -4.59. The van der Waals surface area contributed by atoms with Gasteiger partial charge in [0.2, 0.25) is 5.16 Å². The van der Waals surface area contributed by atoms with Crippen molar-refractivity contribution in [1.82, 2.24) is 34.6 Å². The molecule has 0 unspecified atom stereocenters. The fraction of sp³-hybridized carbons (Fsp3) is 0.0455. The Bertz CT molecular complexity index is 1670. The van der Waals surface area contributed by atoms with Crippen LogP contribution in [-0.4, -0.2) is 40.8 Å². The molecule has 0 aliphatic rings. The van der Waals surface area contributed by atoms with Crippen molar-refractivity contribution in [3.05, 3.63) is 93.5 Å². The van der Waals surface area contributed by atoms with Gasteiger partial charge in [-0.25, -0.2) is 9.97 Å². The fourth-order valence-electron chi connectivity index (χ4n) is 3.16. The molecule has 0 saturated heterocycles. The van der Waals surface area contributed by atoms with E-state index in [0.29, 0.717) is 22.7 Å². The number of nitrogens with zero attached hydrogens (tertiary/aromatic N) is 8. The Balaban J connectivity index is 1.51. The van der Waals surface area contributed by atoms with Crippen LogP contribution in [0, 0.1) is 0 Å². The molecule has 5 rings (SSSR count). The van der Waals surface area contributed by atoms with Gasteiger partial charge in [-0.2, -0.15) is 23.0 Å². The van der Waals surface area contributed by atoms with E-state index in [1.54, 1.807) is 24.4 Å². The van der Waals surface area contributed by atoms with Crippen molar-refractivity contribution >= 4 is 41.0 Å². The van der Waals surface area contributed by atoms with Crippen LogP contribution in [-0.2, 0) is 6.18 Å². The lowest BCUT2D eigenvalue weighted by atomic mass is 10.3. The Hall–Kier alpha value is -4.30. The van der Waals surface area contributed by atoms with Crippen LogP contribution in [0.5, 0.6) is 0 Å². The molecule has 1 aromatic carbocycles. The first-order valence-electron chi connectivity index (χ1n) is 10.4. The molecule has 0 atom stereocenters. The number of tetrazole rings is 1. The van der Waals surface area contributed by atoms with Gasteiger partial charge in [0.25, 0.3) is 5.56 Å². The van der Waals surface area contributed by atoms with E-state index in [-0.39, 0.29) is 21.4 Å². The van der Waals surface area contributed by atoms with Crippen LogP contribution < -0.4 is 11.0 Å². The van der Waals surface area contributed by atoms with Gasteiger partial charge in [-0.15, -0.1) is 5.10 Å². The Labute approximate surface area is 214 Å². The summed E-state index contributed by atoms with van der Waals surface area (Å²) in [5, 5.41) is 16.0. The van der Waals surface area contributed by atoms with Crippen molar-refractivity contribution < 1.29 is 13.2 Å². The molecule has 0 aliphatic carbocycles. The van der Waals surface area contributed by atoms with E-state index >= 15 is 0 Å². The minimum Gasteiger partial charge on any atom is -0.268 e. The molecule has 15 heteroatoms. The summed E-state index contributed by atoms with van der Waals surface area (Å²) >= 11 is 6.96. The molecular weight excluding hydrogens is 531 g/mol. The number of rotatable bonds is 6. The summed E-state index contributed by atoms with van der Waals surface area (Å²) in [7, 11) is 0. The molecule has 0 amide bonds. The summed E-state index contributed by atoms with van der Waals surface area (Å²) in [4.78, 5) is 21.5. The molecule has 37 heavy (non-hydrogen) atoms. The third-order valence-electron chi connectivity index (χ3n) is 4.90. The zero-order valence-electron chi connectivity index (χ0n) is 18.3. The first kappa shape index (κ1) is 24.4. The second kappa shape index (κ2) is 9.99. The van der Waals surface area contributed by atoms with E-state index < -0.39 is 17.3 Å². The zero-order valence-corrected chi connectivity index (χ0v) is 19.9. The first-order valence-corrected chi connectivity index (χ1v) is 11.6.